The minimum Gasteiger partial charge on any atom is -0.461 e. The number of rotatable bonds is 8. The molecule has 214 valence electrons. The number of benzene rings is 3. The molecule has 41 heavy (non-hydrogen) atoms. The molecule has 0 saturated carbocycles. The number of hydrogen-bond acceptors (Lipinski definition) is 7. The number of unbranched alkanes of at least 4 members (excludes halogenated alkanes) is 1. The maximum Gasteiger partial charge on any atom is 0.306 e. The number of aromatic nitrogens is 2. The largest absolute Gasteiger partial charge is 0.461 e. The third-order valence-corrected chi connectivity index (χ3v) is 6.72. The van der Waals surface area contributed by atoms with Gasteiger partial charge in [-0.2, -0.15) is 0 Å². The molecule has 0 bridgehead atoms. The first-order valence-electron chi connectivity index (χ1n) is 13.6. The van der Waals surface area contributed by atoms with Crippen LogP contribution in [0.3, 0.4) is 0 Å². The Morgan fingerprint density at radius 2 is 1.63 bits per heavy atom. The second kappa shape index (κ2) is 13.3. The number of amides is 1. The molecular weight excluding hydrogens is 528 g/mol. The van der Waals surface area contributed by atoms with Gasteiger partial charge < -0.3 is 21.1 Å². The van der Waals surface area contributed by atoms with Crippen LogP contribution in [-0.2, 0) is 29.2 Å². The predicted molar refractivity (Wildman–Crippen MR) is 153 cm³/mol. The van der Waals surface area contributed by atoms with Crippen molar-refractivity contribution in [1.29, 1.82) is 0 Å². The van der Waals surface area contributed by atoms with E-state index in [0.717, 1.165) is 23.3 Å². The highest BCUT2D eigenvalue weighted by atomic mass is 19.2. The summed E-state index contributed by atoms with van der Waals surface area (Å²) in [6, 6.07) is 14.8. The van der Waals surface area contributed by atoms with Crippen molar-refractivity contribution < 1.29 is 23.1 Å². The van der Waals surface area contributed by atoms with Crippen LogP contribution in [0.2, 0.25) is 0 Å². The topological polar surface area (TPSA) is 124 Å². The van der Waals surface area contributed by atoms with Gasteiger partial charge in [-0.15, -0.1) is 0 Å². The average molecular weight is 562 g/mol. The molecule has 0 fully saturated rings. The van der Waals surface area contributed by atoms with Crippen molar-refractivity contribution in [2.24, 2.45) is 5.73 Å². The zero-order valence-electron chi connectivity index (χ0n) is 23.1. The Bertz CT molecular complexity index is 1550. The molecule has 10 heteroatoms. The smallest absolute Gasteiger partial charge is 0.306 e. The van der Waals surface area contributed by atoms with Gasteiger partial charge in [0.05, 0.1) is 5.52 Å². The van der Waals surface area contributed by atoms with E-state index in [9.17, 15) is 18.4 Å². The second-order valence-electron chi connectivity index (χ2n) is 9.42. The summed E-state index contributed by atoms with van der Waals surface area (Å²) in [7, 11) is 0. The molecule has 4 N–H and O–H groups in total. The van der Waals surface area contributed by atoms with E-state index in [4.69, 9.17) is 16.2 Å². The molecule has 0 spiro atoms. The molecule has 0 unspecified atom stereocenters. The van der Waals surface area contributed by atoms with Crippen molar-refractivity contribution in [2.45, 2.75) is 52.8 Å². The van der Waals surface area contributed by atoms with E-state index in [1.807, 2.05) is 38.1 Å². The quantitative estimate of drug-likeness (QED) is 0.215. The number of carbonyl (C=O) groups excluding carboxylic acids is 2. The summed E-state index contributed by atoms with van der Waals surface area (Å²) < 4.78 is 33.9. The number of carbonyl (C=O) groups is 2. The van der Waals surface area contributed by atoms with Crippen LogP contribution in [0.25, 0.3) is 22.0 Å². The summed E-state index contributed by atoms with van der Waals surface area (Å²) >= 11 is 0. The molecule has 4 aromatic rings. The number of esters is 1. The molecular formula is C31H33F2N5O3. The van der Waals surface area contributed by atoms with Gasteiger partial charge in [-0.25, -0.2) is 18.7 Å². The first-order chi connectivity index (χ1) is 19.8. The van der Waals surface area contributed by atoms with Crippen molar-refractivity contribution >= 4 is 28.7 Å². The highest BCUT2D eigenvalue weighted by Gasteiger charge is 2.27. The summed E-state index contributed by atoms with van der Waals surface area (Å²) in [6.45, 7) is 5.09. The Kier molecular flexibility index (Phi) is 9.57. The molecule has 1 aliphatic heterocycles. The molecule has 2 heterocycles. The number of anilines is 1. The maximum atomic E-state index is 14.4. The molecule has 8 nitrogen and oxygen atoms in total. The van der Waals surface area contributed by atoms with Crippen LogP contribution in [-0.4, -0.2) is 33.3 Å². The van der Waals surface area contributed by atoms with Crippen molar-refractivity contribution in [1.82, 2.24) is 14.9 Å². The van der Waals surface area contributed by atoms with E-state index in [1.165, 1.54) is 0 Å². The predicted octanol–water partition coefficient (Wildman–Crippen LogP) is 5.51. The summed E-state index contributed by atoms with van der Waals surface area (Å²) in [4.78, 5) is 35.9. The monoisotopic (exact) mass is 561 g/mol. The van der Waals surface area contributed by atoms with Gasteiger partial charge in [0.1, 0.15) is 12.3 Å². The summed E-state index contributed by atoms with van der Waals surface area (Å²) in [6.07, 6.45) is 1.43. The fraction of sp³-hybridized carbons (Fsp3) is 0.290. The average Bonchev–Trinajstić information content (AvgIpc) is 3.42. The summed E-state index contributed by atoms with van der Waals surface area (Å²) in [5.74, 6) is -2.94. The van der Waals surface area contributed by atoms with Gasteiger partial charge in [-0.1, -0.05) is 44.2 Å². The van der Waals surface area contributed by atoms with Gasteiger partial charge in [0.15, 0.2) is 11.6 Å². The number of nitrogens with zero attached hydrogens (tertiary/aromatic N) is 3. The third kappa shape index (κ3) is 6.66. The van der Waals surface area contributed by atoms with Crippen LogP contribution in [0.1, 0.15) is 60.3 Å². The summed E-state index contributed by atoms with van der Waals surface area (Å²) in [5, 5.41) is 0.414. The lowest BCUT2D eigenvalue weighted by Gasteiger charge is -2.17. The molecule has 5 rings (SSSR count). The first-order valence-corrected chi connectivity index (χ1v) is 13.6. The lowest BCUT2D eigenvalue weighted by atomic mass is 9.97. The molecule has 0 atom stereocenters. The minimum absolute atomic E-state index is 0.0506. The Morgan fingerprint density at radius 1 is 0.951 bits per heavy atom. The highest BCUT2D eigenvalue weighted by molar-refractivity contribution is 6.06. The van der Waals surface area contributed by atoms with Crippen LogP contribution in [0.5, 0.6) is 0 Å². The molecule has 1 aliphatic rings. The maximum absolute atomic E-state index is 14.4. The number of hydrogen-bond donors (Lipinski definition) is 2. The van der Waals surface area contributed by atoms with E-state index >= 15 is 0 Å². The number of nitrogens with two attached hydrogens (primary N) is 2. The lowest BCUT2D eigenvalue weighted by molar-refractivity contribution is -0.145. The van der Waals surface area contributed by atoms with Gasteiger partial charge in [0.25, 0.3) is 5.91 Å². The fourth-order valence-corrected chi connectivity index (χ4v) is 4.72. The van der Waals surface area contributed by atoms with E-state index in [1.54, 1.807) is 23.1 Å². The van der Waals surface area contributed by atoms with Gasteiger partial charge in [0, 0.05) is 30.5 Å². The van der Waals surface area contributed by atoms with E-state index in [-0.39, 0.29) is 36.1 Å². The van der Waals surface area contributed by atoms with Crippen molar-refractivity contribution in [3.05, 3.63) is 88.6 Å². The third-order valence-electron chi connectivity index (χ3n) is 6.72. The van der Waals surface area contributed by atoms with Crippen LogP contribution in [0, 0.1) is 11.6 Å². The van der Waals surface area contributed by atoms with Gasteiger partial charge in [-0.3, -0.25) is 9.59 Å². The Morgan fingerprint density at radius 3 is 2.32 bits per heavy atom. The minimum atomic E-state index is -1.06. The Labute approximate surface area is 237 Å². The zero-order valence-corrected chi connectivity index (χ0v) is 23.1. The number of fused-ring (bicyclic) bond motifs is 2. The van der Waals surface area contributed by atoms with Crippen molar-refractivity contribution in [3.63, 3.8) is 0 Å². The van der Waals surface area contributed by atoms with Crippen LogP contribution in [0.4, 0.5) is 14.7 Å². The number of nitrogen functional groups attached to an aromatic ring is 1. The molecule has 0 saturated heterocycles. The molecule has 0 aliphatic carbocycles. The normalized spacial score (nSPS) is 12.1. The van der Waals surface area contributed by atoms with Crippen LogP contribution < -0.4 is 11.5 Å². The molecule has 0 radical (unpaired) electrons. The SMILES string of the molecule is CC.NCCCCC(=O)OCc1cc(F)c(F)cc1-c1ccc2nc(N)nc(C(=O)N3Cc4ccccc4C3)c2c1. The van der Waals surface area contributed by atoms with Crippen LogP contribution in [0.15, 0.2) is 54.6 Å². The van der Waals surface area contributed by atoms with E-state index in [2.05, 4.69) is 9.97 Å². The van der Waals surface area contributed by atoms with Crippen LogP contribution >= 0.6 is 0 Å². The summed E-state index contributed by atoms with van der Waals surface area (Å²) in [5.41, 5.74) is 15.1. The Hall–Kier alpha value is -4.44. The van der Waals surface area contributed by atoms with Crippen molar-refractivity contribution in [2.75, 3.05) is 12.3 Å². The van der Waals surface area contributed by atoms with E-state index in [0.29, 0.717) is 54.5 Å². The molecule has 3 aromatic carbocycles. The number of ether oxygens (including phenoxy) is 1. The second-order valence-corrected chi connectivity index (χ2v) is 9.42. The highest BCUT2D eigenvalue weighted by Crippen LogP contribution is 2.32. The van der Waals surface area contributed by atoms with Crippen molar-refractivity contribution in [3.8, 4) is 11.1 Å². The molecule has 1 aromatic heterocycles. The lowest BCUT2D eigenvalue weighted by Crippen LogP contribution is -2.27. The fourth-order valence-electron chi connectivity index (χ4n) is 4.72. The van der Waals surface area contributed by atoms with Gasteiger partial charge in [-0.05, 0) is 65.9 Å². The first kappa shape index (κ1) is 29.5. The zero-order chi connectivity index (χ0) is 29.5. The van der Waals surface area contributed by atoms with Gasteiger partial charge >= 0.3 is 5.97 Å². The molecule has 1 amide bonds. The Balaban J connectivity index is 0.00000189. The standard InChI is InChI=1S/C29H27F2N5O3.C2H6/c30-23-12-20(16-39-26(37)7-3-4-10-32)21(13-24(23)31)17-8-9-25-22(11-17)27(35-29(33)34-25)28(38)36-14-18-5-1-2-6-19(18)15-36;1-2/h1-2,5-6,8-9,11-13H,3-4,7,10,14-16,32H2,(H2,33,34,35);1-2H3. The van der Waals surface area contributed by atoms with Gasteiger partial charge in [0.2, 0.25) is 5.95 Å². The number of halogens is 2. The van der Waals surface area contributed by atoms with E-state index < -0.39 is 17.6 Å².